The Hall–Kier alpha value is -3.74. The van der Waals surface area contributed by atoms with Crippen LogP contribution in [0.5, 0.6) is 11.5 Å². The number of hydrogen-bond acceptors (Lipinski definition) is 5. The third kappa shape index (κ3) is 3.83. The number of allylic oxidation sites excluding steroid dienone is 1. The van der Waals surface area contributed by atoms with E-state index in [1.165, 1.54) is 20.3 Å². The predicted octanol–water partition coefficient (Wildman–Crippen LogP) is 4.22. The molecule has 0 aliphatic rings. The Balaban J connectivity index is 2.01. The molecule has 3 rings (SSSR count). The molecule has 0 aliphatic heterocycles. The molecule has 0 atom stereocenters. The van der Waals surface area contributed by atoms with Crippen LogP contribution in [-0.2, 0) is 4.79 Å². The number of fused-ring (bicyclic) bond motifs is 1. The van der Waals surface area contributed by atoms with Crippen LogP contribution in [0.2, 0.25) is 0 Å². The predicted molar refractivity (Wildman–Crippen MR) is 107 cm³/mol. The van der Waals surface area contributed by atoms with Crippen molar-refractivity contribution >= 4 is 34.2 Å². The molecule has 144 valence electrons. The standard InChI is InChI=1S/C21H20N2O5/c1-4-7-18(24)23-19-14-8-5-6-9-16(14)28-20(19)21(25)22-15-12-13(26-2)10-11-17(15)27-3/h4-12H,1-3H3,(H,22,25)(H,23,24). The third-order valence-electron chi connectivity index (χ3n) is 4.02. The Morgan fingerprint density at radius 2 is 1.82 bits per heavy atom. The van der Waals surface area contributed by atoms with Crippen LogP contribution in [0.4, 0.5) is 11.4 Å². The van der Waals surface area contributed by atoms with E-state index in [2.05, 4.69) is 10.6 Å². The lowest BCUT2D eigenvalue weighted by Gasteiger charge is -2.11. The summed E-state index contributed by atoms with van der Waals surface area (Å²) in [4.78, 5) is 25.0. The fourth-order valence-electron chi connectivity index (χ4n) is 2.74. The molecule has 1 heterocycles. The molecule has 7 nitrogen and oxygen atoms in total. The number of furan rings is 1. The molecule has 0 spiro atoms. The van der Waals surface area contributed by atoms with Gasteiger partial charge in [-0.2, -0.15) is 0 Å². The molecule has 0 saturated carbocycles. The van der Waals surface area contributed by atoms with Gasteiger partial charge in [0.05, 0.1) is 19.9 Å². The first-order chi connectivity index (χ1) is 13.6. The van der Waals surface area contributed by atoms with Gasteiger partial charge in [0.2, 0.25) is 11.7 Å². The summed E-state index contributed by atoms with van der Waals surface area (Å²) in [6.07, 6.45) is 2.98. The van der Waals surface area contributed by atoms with E-state index in [0.29, 0.717) is 33.8 Å². The van der Waals surface area contributed by atoms with Gasteiger partial charge in [0.25, 0.3) is 5.91 Å². The lowest BCUT2D eigenvalue weighted by Crippen LogP contribution is -2.16. The number of ether oxygens (including phenoxy) is 2. The second kappa shape index (κ2) is 8.30. The molecule has 2 N–H and O–H groups in total. The number of hydrogen-bond donors (Lipinski definition) is 2. The molecule has 2 amide bonds. The number of rotatable bonds is 6. The zero-order chi connectivity index (χ0) is 20.1. The molecule has 1 aromatic heterocycles. The average Bonchev–Trinajstić information content (AvgIpc) is 3.06. The molecule has 0 unspecified atom stereocenters. The van der Waals surface area contributed by atoms with Gasteiger partial charge >= 0.3 is 0 Å². The van der Waals surface area contributed by atoms with Crippen molar-refractivity contribution in [1.29, 1.82) is 0 Å². The monoisotopic (exact) mass is 380 g/mol. The largest absolute Gasteiger partial charge is 0.497 e. The number of benzene rings is 2. The van der Waals surface area contributed by atoms with Gasteiger partial charge in [0.15, 0.2) is 0 Å². The van der Waals surface area contributed by atoms with E-state index < -0.39 is 5.91 Å². The van der Waals surface area contributed by atoms with Crippen LogP contribution >= 0.6 is 0 Å². The smallest absolute Gasteiger partial charge is 0.293 e. The summed E-state index contributed by atoms with van der Waals surface area (Å²) >= 11 is 0. The normalized spacial score (nSPS) is 10.8. The topological polar surface area (TPSA) is 89.8 Å². The van der Waals surface area contributed by atoms with Crippen molar-refractivity contribution in [2.75, 3.05) is 24.9 Å². The second-order valence-corrected chi connectivity index (χ2v) is 5.81. The second-order valence-electron chi connectivity index (χ2n) is 5.81. The van der Waals surface area contributed by atoms with Crippen LogP contribution in [-0.4, -0.2) is 26.0 Å². The highest BCUT2D eigenvalue weighted by atomic mass is 16.5. The summed E-state index contributed by atoms with van der Waals surface area (Å²) in [5, 5.41) is 6.10. The minimum Gasteiger partial charge on any atom is -0.497 e. The van der Waals surface area contributed by atoms with E-state index in [1.807, 2.05) is 0 Å². The van der Waals surface area contributed by atoms with Gasteiger partial charge in [-0.3, -0.25) is 9.59 Å². The lowest BCUT2D eigenvalue weighted by atomic mass is 10.2. The van der Waals surface area contributed by atoms with Crippen LogP contribution in [0, 0.1) is 0 Å². The summed E-state index contributed by atoms with van der Waals surface area (Å²) in [7, 11) is 3.03. The zero-order valence-corrected chi connectivity index (χ0v) is 15.7. The summed E-state index contributed by atoms with van der Waals surface area (Å²) in [5.74, 6) is 0.122. The van der Waals surface area contributed by atoms with E-state index in [0.717, 1.165) is 0 Å². The van der Waals surface area contributed by atoms with Crippen LogP contribution in [0.25, 0.3) is 11.0 Å². The Bertz CT molecular complexity index is 1050. The highest BCUT2D eigenvalue weighted by molar-refractivity contribution is 6.16. The van der Waals surface area contributed by atoms with Crippen molar-refractivity contribution in [3.8, 4) is 11.5 Å². The Labute approximate surface area is 161 Å². The summed E-state index contributed by atoms with van der Waals surface area (Å²) in [6.45, 7) is 1.73. The maximum absolute atomic E-state index is 12.9. The SMILES string of the molecule is CC=CC(=O)Nc1c(C(=O)Nc2cc(OC)ccc2OC)oc2ccccc12. The lowest BCUT2D eigenvalue weighted by molar-refractivity contribution is -0.111. The molecule has 28 heavy (non-hydrogen) atoms. The van der Waals surface area contributed by atoms with Crippen molar-refractivity contribution in [1.82, 2.24) is 0 Å². The van der Waals surface area contributed by atoms with Crippen molar-refractivity contribution in [3.05, 3.63) is 60.4 Å². The van der Waals surface area contributed by atoms with Crippen molar-refractivity contribution in [3.63, 3.8) is 0 Å². The molecule has 0 fully saturated rings. The van der Waals surface area contributed by atoms with Crippen LogP contribution < -0.4 is 20.1 Å². The van der Waals surface area contributed by atoms with Gasteiger partial charge in [-0.1, -0.05) is 18.2 Å². The van der Waals surface area contributed by atoms with Gasteiger partial charge in [-0.25, -0.2) is 0 Å². The van der Waals surface area contributed by atoms with Gasteiger partial charge < -0.3 is 24.5 Å². The number of carbonyl (C=O) groups excluding carboxylic acids is 2. The van der Waals surface area contributed by atoms with Gasteiger partial charge in [0.1, 0.15) is 22.8 Å². The minimum absolute atomic E-state index is 0.0103. The van der Waals surface area contributed by atoms with E-state index in [4.69, 9.17) is 13.9 Å². The first-order valence-electron chi connectivity index (χ1n) is 8.56. The Morgan fingerprint density at radius 3 is 2.54 bits per heavy atom. The molecular formula is C21H20N2O5. The van der Waals surface area contributed by atoms with Crippen molar-refractivity contribution < 1.29 is 23.5 Å². The van der Waals surface area contributed by atoms with Crippen LogP contribution in [0.3, 0.4) is 0 Å². The number of amides is 2. The highest BCUT2D eigenvalue weighted by Crippen LogP contribution is 2.33. The first kappa shape index (κ1) is 19.0. The Morgan fingerprint density at radius 1 is 1.04 bits per heavy atom. The molecule has 7 heteroatoms. The molecule has 0 saturated heterocycles. The average molecular weight is 380 g/mol. The van der Waals surface area contributed by atoms with Crippen LogP contribution in [0.1, 0.15) is 17.5 Å². The third-order valence-corrected chi connectivity index (χ3v) is 4.02. The molecular weight excluding hydrogens is 360 g/mol. The number of carbonyl (C=O) groups is 2. The van der Waals surface area contributed by atoms with E-state index >= 15 is 0 Å². The highest BCUT2D eigenvalue weighted by Gasteiger charge is 2.23. The zero-order valence-electron chi connectivity index (χ0n) is 15.7. The molecule has 0 aliphatic carbocycles. The van der Waals surface area contributed by atoms with Crippen molar-refractivity contribution in [2.45, 2.75) is 6.92 Å². The fourth-order valence-corrected chi connectivity index (χ4v) is 2.74. The van der Waals surface area contributed by atoms with Crippen LogP contribution in [0.15, 0.2) is 59.0 Å². The number of anilines is 2. The number of methoxy groups -OCH3 is 2. The first-order valence-corrected chi connectivity index (χ1v) is 8.56. The molecule has 2 aromatic carbocycles. The number of para-hydroxylation sites is 1. The van der Waals surface area contributed by atoms with Gasteiger partial charge in [-0.05, 0) is 37.3 Å². The van der Waals surface area contributed by atoms with Gasteiger partial charge in [-0.15, -0.1) is 0 Å². The maximum Gasteiger partial charge on any atom is 0.293 e. The minimum atomic E-state index is -0.529. The van der Waals surface area contributed by atoms with Gasteiger partial charge in [0, 0.05) is 11.5 Å². The summed E-state index contributed by atoms with van der Waals surface area (Å²) in [5.41, 5.74) is 1.21. The van der Waals surface area contributed by atoms with Crippen molar-refractivity contribution in [2.24, 2.45) is 0 Å². The molecule has 0 bridgehead atoms. The van der Waals surface area contributed by atoms with E-state index in [9.17, 15) is 9.59 Å². The summed E-state index contributed by atoms with van der Waals surface area (Å²) in [6, 6.07) is 12.1. The maximum atomic E-state index is 12.9. The summed E-state index contributed by atoms with van der Waals surface area (Å²) < 4.78 is 16.2. The fraction of sp³-hybridized carbons (Fsp3) is 0.143. The Kier molecular flexibility index (Phi) is 5.64. The molecule has 0 radical (unpaired) electrons. The quantitative estimate of drug-likeness (QED) is 0.625. The van der Waals surface area contributed by atoms with E-state index in [-0.39, 0.29) is 11.7 Å². The number of nitrogens with one attached hydrogen (secondary N) is 2. The molecule has 3 aromatic rings. The van der Waals surface area contributed by atoms with E-state index in [1.54, 1.807) is 55.5 Å².